The Balaban J connectivity index is 2.46. The number of carbonyl (C=O) groups is 2. The second-order valence-corrected chi connectivity index (χ2v) is 10.6. The normalized spacial score (nSPS) is 12.1. The van der Waals surface area contributed by atoms with Crippen molar-refractivity contribution in [2.24, 2.45) is 0 Å². The molecule has 0 saturated heterocycles. The molecule has 0 aromatic heterocycles. The zero-order chi connectivity index (χ0) is 26.9. The van der Waals surface area contributed by atoms with Crippen LogP contribution in [0.25, 0.3) is 0 Å². The van der Waals surface area contributed by atoms with Gasteiger partial charge in [0, 0.05) is 13.1 Å². The summed E-state index contributed by atoms with van der Waals surface area (Å²) in [5, 5.41) is 2.86. The van der Waals surface area contributed by atoms with E-state index in [-0.39, 0.29) is 18.1 Å². The molecule has 0 aliphatic carbocycles. The highest BCUT2D eigenvalue weighted by molar-refractivity contribution is 7.92. The van der Waals surface area contributed by atoms with Gasteiger partial charge in [-0.15, -0.1) is 0 Å². The first-order chi connectivity index (χ1) is 17.0. The molecular formula is C26H36FN3O5S. The molecule has 2 aromatic rings. The van der Waals surface area contributed by atoms with Crippen LogP contribution in [0.2, 0.25) is 0 Å². The number of aryl methyl sites for hydroxylation is 1. The maximum absolute atomic E-state index is 13.7. The number of nitrogens with zero attached hydrogens (tertiary/aromatic N) is 2. The number of unbranched alkanes of at least 4 members (excludes halogenated alkanes) is 1. The van der Waals surface area contributed by atoms with Gasteiger partial charge in [0.2, 0.25) is 21.8 Å². The summed E-state index contributed by atoms with van der Waals surface area (Å²) < 4.78 is 45.4. The largest absolute Gasteiger partial charge is 0.495 e. The van der Waals surface area contributed by atoms with Gasteiger partial charge in [-0.3, -0.25) is 13.9 Å². The average molecular weight is 522 g/mol. The third kappa shape index (κ3) is 7.94. The molecule has 0 heterocycles. The van der Waals surface area contributed by atoms with E-state index >= 15 is 0 Å². The minimum atomic E-state index is -3.89. The van der Waals surface area contributed by atoms with Gasteiger partial charge in [-0.05, 0) is 55.2 Å². The van der Waals surface area contributed by atoms with E-state index in [2.05, 4.69) is 5.32 Å². The Kier molecular flexibility index (Phi) is 10.7. The molecule has 2 aromatic carbocycles. The van der Waals surface area contributed by atoms with E-state index in [1.807, 2.05) is 6.92 Å². The molecule has 1 N–H and O–H groups in total. The number of sulfonamides is 1. The molecule has 10 heteroatoms. The molecule has 2 amide bonds. The number of ether oxygens (including phenoxy) is 1. The zero-order valence-corrected chi connectivity index (χ0v) is 22.4. The molecule has 0 fully saturated rings. The number of nitrogens with one attached hydrogen (secondary N) is 1. The summed E-state index contributed by atoms with van der Waals surface area (Å²) in [5.74, 6) is -1.00. The summed E-state index contributed by atoms with van der Waals surface area (Å²) in [6.45, 7) is 5.56. The number of amides is 2. The summed E-state index contributed by atoms with van der Waals surface area (Å²) >= 11 is 0. The monoisotopic (exact) mass is 521 g/mol. The number of benzene rings is 2. The lowest BCUT2D eigenvalue weighted by Gasteiger charge is -2.33. The Labute approximate surface area is 213 Å². The van der Waals surface area contributed by atoms with Crippen LogP contribution in [0.4, 0.5) is 10.1 Å². The number of hydrogen-bond acceptors (Lipinski definition) is 5. The van der Waals surface area contributed by atoms with E-state index in [1.54, 1.807) is 32.0 Å². The second kappa shape index (κ2) is 13.2. The molecule has 2 rings (SSSR count). The number of rotatable bonds is 13. The van der Waals surface area contributed by atoms with Crippen molar-refractivity contribution in [3.8, 4) is 5.75 Å². The maximum Gasteiger partial charge on any atom is 0.244 e. The minimum absolute atomic E-state index is 0.0153. The summed E-state index contributed by atoms with van der Waals surface area (Å²) in [6.07, 6.45) is 3.03. The van der Waals surface area contributed by atoms with E-state index in [9.17, 15) is 22.4 Å². The van der Waals surface area contributed by atoms with Crippen molar-refractivity contribution in [3.63, 3.8) is 0 Å². The average Bonchev–Trinajstić information content (AvgIpc) is 2.83. The van der Waals surface area contributed by atoms with Crippen molar-refractivity contribution < 1.29 is 27.1 Å². The number of methoxy groups -OCH3 is 1. The van der Waals surface area contributed by atoms with E-state index in [4.69, 9.17) is 4.74 Å². The van der Waals surface area contributed by atoms with Gasteiger partial charge in [-0.1, -0.05) is 38.5 Å². The fraction of sp³-hybridized carbons (Fsp3) is 0.462. The van der Waals surface area contributed by atoms with E-state index in [0.717, 1.165) is 29.0 Å². The Morgan fingerprint density at radius 3 is 2.33 bits per heavy atom. The van der Waals surface area contributed by atoms with Crippen molar-refractivity contribution in [2.75, 3.05) is 30.8 Å². The molecular weight excluding hydrogens is 485 g/mol. The highest BCUT2D eigenvalue weighted by Gasteiger charge is 2.32. The maximum atomic E-state index is 13.7. The molecule has 36 heavy (non-hydrogen) atoms. The number of hydrogen-bond donors (Lipinski definition) is 1. The summed E-state index contributed by atoms with van der Waals surface area (Å²) in [5.41, 5.74) is 1.64. The Hall–Kier alpha value is -3.14. The Morgan fingerprint density at radius 1 is 1.11 bits per heavy atom. The highest BCUT2D eigenvalue weighted by atomic mass is 32.2. The minimum Gasteiger partial charge on any atom is -0.495 e. The number of anilines is 1. The standard InChI is InChI=1S/C26H36FN3O5S/c1-6-8-15-28-26(32)22(7-2)29(17-20-10-12-21(27)13-11-20)25(31)18-30(36(5,33)34)23-16-19(3)9-14-24(23)35-4/h9-14,16,22H,6-8,15,17-18H2,1-5H3,(H,28,32)/t22-/m1/s1. The van der Waals surface area contributed by atoms with Gasteiger partial charge >= 0.3 is 0 Å². The first-order valence-electron chi connectivity index (χ1n) is 12.0. The fourth-order valence-corrected chi connectivity index (χ4v) is 4.65. The Bertz CT molecular complexity index is 1140. The van der Waals surface area contributed by atoms with Crippen molar-refractivity contribution in [2.45, 2.75) is 52.6 Å². The lowest BCUT2D eigenvalue weighted by Crippen LogP contribution is -2.52. The van der Waals surface area contributed by atoms with Gasteiger partial charge in [0.05, 0.1) is 19.1 Å². The van der Waals surface area contributed by atoms with Crippen LogP contribution in [0.15, 0.2) is 42.5 Å². The van der Waals surface area contributed by atoms with Gasteiger partial charge in [-0.2, -0.15) is 0 Å². The van der Waals surface area contributed by atoms with E-state index < -0.39 is 34.3 Å². The van der Waals surface area contributed by atoms with Crippen LogP contribution in [0, 0.1) is 12.7 Å². The predicted octanol–water partition coefficient (Wildman–Crippen LogP) is 3.63. The lowest BCUT2D eigenvalue weighted by atomic mass is 10.1. The smallest absolute Gasteiger partial charge is 0.244 e. The topological polar surface area (TPSA) is 96.0 Å². The number of carbonyl (C=O) groups excluding carboxylic acids is 2. The molecule has 0 unspecified atom stereocenters. The third-order valence-electron chi connectivity index (χ3n) is 5.76. The first-order valence-corrected chi connectivity index (χ1v) is 13.8. The van der Waals surface area contributed by atoms with Crippen LogP contribution in [0.3, 0.4) is 0 Å². The molecule has 0 radical (unpaired) electrons. The van der Waals surface area contributed by atoms with Crippen molar-refractivity contribution in [1.29, 1.82) is 0 Å². The predicted molar refractivity (Wildman–Crippen MR) is 139 cm³/mol. The molecule has 0 bridgehead atoms. The van der Waals surface area contributed by atoms with Crippen LogP contribution in [0.1, 0.15) is 44.2 Å². The molecule has 8 nitrogen and oxygen atoms in total. The summed E-state index contributed by atoms with van der Waals surface area (Å²) in [6, 6.07) is 9.84. The van der Waals surface area contributed by atoms with Crippen molar-refractivity contribution in [1.82, 2.24) is 10.2 Å². The van der Waals surface area contributed by atoms with Gasteiger partial charge < -0.3 is 15.0 Å². The second-order valence-electron chi connectivity index (χ2n) is 8.66. The number of halogens is 1. The third-order valence-corrected chi connectivity index (χ3v) is 6.89. The van der Waals surface area contributed by atoms with E-state index in [1.165, 1.54) is 36.3 Å². The SMILES string of the molecule is CCCCNC(=O)[C@@H](CC)N(Cc1ccc(F)cc1)C(=O)CN(c1cc(C)ccc1OC)S(C)(=O)=O. The van der Waals surface area contributed by atoms with Gasteiger partial charge in [0.1, 0.15) is 24.2 Å². The lowest BCUT2D eigenvalue weighted by molar-refractivity contribution is -0.140. The van der Waals surface area contributed by atoms with Crippen LogP contribution in [-0.2, 0) is 26.2 Å². The van der Waals surface area contributed by atoms with Crippen LogP contribution in [0.5, 0.6) is 5.75 Å². The van der Waals surface area contributed by atoms with E-state index in [0.29, 0.717) is 24.3 Å². The zero-order valence-electron chi connectivity index (χ0n) is 21.6. The quantitative estimate of drug-likeness (QED) is 0.406. The molecule has 0 spiro atoms. The molecule has 0 saturated carbocycles. The van der Waals surface area contributed by atoms with Gasteiger partial charge in [-0.25, -0.2) is 12.8 Å². The highest BCUT2D eigenvalue weighted by Crippen LogP contribution is 2.31. The van der Waals surface area contributed by atoms with Crippen LogP contribution in [-0.4, -0.2) is 57.6 Å². The molecule has 0 aliphatic rings. The van der Waals surface area contributed by atoms with Crippen molar-refractivity contribution >= 4 is 27.5 Å². The van der Waals surface area contributed by atoms with Crippen LogP contribution >= 0.6 is 0 Å². The first kappa shape index (κ1) is 29.1. The van der Waals surface area contributed by atoms with Gasteiger partial charge in [0.25, 0.3) is 0 Å². The van der Waals surface area contributed by atoms with Crippen LogP contribution < -0.4 is 14.4 Å². The van der Waals surface area contributed by atoms with Crippen molar-refractivity contribution in [3.05, 3.63) is 59.4 Å². The molecule has 0 aliphatic heterocycles. The fourth-order valence-electron chi connectivity index (χ4n) is 3.80. The summed E-state index contributed by atoms with van der Waals surface area (Å²) in [4.78, 5) is 28.1. The van der Waals surface area contributed by atoms with Gasteiger partial charge in [0.15, 0.2) is 0 Å². The molecule has 1 atom stereocenters. The summed E-state index contributed by atoms with van der Waals surface area (Å²) in [7, 11) is -2.47. The Morgan fingerprint density at radius 2 is 1.78 bits per heavy atom. The molecule has 198 valence electrons.